The molecule has 1 aromatic carbocycles. The summed E-state index contributed by atoms with van der Waals surface area (Å²) >= 11 is 5.96. The van der Waals surface area contributed by atoms with Gasteiger partial charge >= 0.3 is 0 Å². The van der Waals surface area contributed by atoms with Gasteiger partial charge in [-0.1, -0.05) is 18.5 Å². The zero-order valence-electron chi connectivity index (χ0n) is 12.1. The zero-order valence-corrected chi connectivity index (χ0v) is 13.7. The van der Waals surface area contributed by atoms with Crippen LogP contribution < -0.4 is 15.8 Å². The first-order chi connectivity index (χ1) is 10.1. The number of halogens is 2. The summed E-state index contributed by atoms with van der Waals surface area (Å²) in [6.45, 7) is 2.82. The Balaban J connectivity index is 0.00000242. The van der Waals surface area contributed by atoms with Crippen LogP contribution in [0.15, 0.2) is 34.9 Å². The highest BCUT2D eigenvalue weighted by atomic mass is 35.5. The van der Waals surface area contributed by atoms with E-state index in [1.165, 1.54) is 6.26 Å². The number of benzene rings is 1. The van der Waals surface area contributed by atoms with Gasteiger partial charge in [-0.3, -0.25) is 4.79 Å². The van der Waals surface area contributed by atoms with Crippen LogP contribution in [0.4, 0.5) is 5.69 Å². The fourth-order valence-electron chi connectivity index (χ4n) is 1.74. The molecule has 0 aliphatic carbocycles. The molecule has 120 valence electrons. The molecule has 1 heterocycles. The van der Waals surface area contributed by atoms with Gasteiger partial charge in [-0.05, 0) is 30.7 Å². The average Bonchev–Trinajstić information content (AvgIpc) is 2.95. The predicted molar refractivity (Wildman–Crippen MR) is 89.0 cm³/mol. The minimum absolute atomic E-state index is 0. The maximum absolute atomic E-state index is 12.2. The normalized spacial score (nSPS) is 9.95. The van der Waals surface area contributed by atoms with Crippen molar-refractivity contribution in [2.75, 3.05) is 11.9 Å². The van der Waals surface area contributed by atoms with Crippen LogP contribution in [-0.2, 0) is 6.54 Å². The summed E-state index contributed by atoms with van der Waals surface area (Å²) in [5, 5.41) is 3.28. The van der Waals surface area contributed by atoms with Crippen LogP contribution in [0.1, 0.15) is 29.5 Å². The number of ether oxygens (including phenoxy) is 1. The van der Waals surface area contributed by atoms with Gasteiger partial charge in [0, 0.05) is 5.02 Å². The summed E-state index contributed by atoms with van der Waals surface area (Å²) in [4.78, 5) is 12.2. The molecule has 2 rings (SSSR count). The molecule has 3 N–H and O–H groups in total. The number of nitrogens with one attached hydrogen (secondary N) is 1. The van der Waals surface area contributed by atoms with Crippen LogP contribution in [-0.4, -0.2) is 12.5 Å². The standard InChI is InChI=1S/C15H17ClN2O3.ClH/c1-2-5-20-14-4-3-11(16)7-13(14)18-15(19)10-6-12(8-17)21-9-10;/h3-4,6-7,9H,2,5,8,17H2,1H3,(H,18,19);1H. The zero-order chi connectivity index (χ0) is 15.2. The van der Waals surface area contributed by atoms with Crippen LogP contribution in [0.3, 0.4) is 0 Å². The Labute approximate surface area is 140 Å². The average molecular weight is 345 g/mol. The van der Waals surface area contributed by atoms with Crippen LogP contribution in [0.25, 0.3) is 0 Å². The Morgan fingerprint density at radius 2 is 2.18 bits per heavy atom. The minimum atomic E-state index is -0.304. The molecule has 0 fully saturated rings. The molecule has 7 heteroatoms. The minimum Gasteiger partial charge on any atom is -0.491 e. The van der Waals surface area contributed by atoms with E-state index in [9.17, 15) is 4.79 Å². The van der Waals surface area contributed by atoms with Crippen molar-refractivity contribution in [1.29, 1.82) is 0 Å². The second kappa shape index (κ2) is 8.68. The molecule has 0 bridgehead atoms. The topological polar surface area (TPSA) is 77.5 Å². The molecule has 0 radical (unpaired) electrons. The van der Waals surface area contributed by atoms with Gasteiger partial charge in [-0.2, -0.15) is 0 Å². The van der Waals surface area contributed by atoms with Crippen LogP contribution in [0.5, 0.6) is 5.75 Å². The lowest BCUT2D eigenvalue weighted by atomic mass is 10.2. The number of rotatable bonds is 6. The number of hydrogen-bond acceptors (Lipinski definition) is 4. The predicted octanol–water partition coefficient (Wildman–Crippen LogP) is 3.85. The first-order valence-corrected chi connectivity index (χ1v) is 7.03. The lowest BCUT2D eigenvalue weighted by Crippen LogP contribution is -2.12. The highest BCUT2D eigenvalue weighted by molar-refractivity contribution is 6.31. The molecule has 1 amide bonds. The number of amides is 1. The molecule has 0 aliphatic rings. The molecule has 1 aromatic heterocycles. The summed E-state index contributed by atoms with van der Waals surface area (Å²) in [5.41, 5.74) is 6.38. The first-order valence-electron chi connectivity index (χ1n) is 6.65. The van der Waals surface area contributed by atoms with E-state index in [1.807, 2.05) is 6.92 Å². The molecule has 0 aliphatic heterocycles. The maximum atomic E-state index is 12.2. The monoisotopic (exact) mass is 344 g/mol. The number of carbonyl (C=O) groups excluding carboxylic acids is 1. The molecular weight excluding hydrogens is 327 g/mol. The Hall–Kier alpha value is -1.69. The van der Waals surface area contributed by atoms with Gasteiger partial charge in [0.05, 0.1) is 24.4 Å². The molecular formula is C15H18Cl2N2O3. The van der Waals surface area contributed by atoms with Crippen molar-refractivity contribution in [1.82, 2.24) is 0 Å². The van der Waals surface area contributed by atoms with E-state index in [4.69, 9.17) is 26.5 Å². The van der Waals surface area contributed by atoms with Gasteiger partial charge in [-0.15, -0.1) is 12.4 Å². The molecule has 2 aromatic rings. The highest BCUT2D eigenvalue weighted by Gasteiger charge is 2.13. The number of furan rings is 1. The van der Waals surface area contributed by atoms with Gasteiger partial charge in [0.25, 0.3) is 5.91 Å². The van der Waals surface area contributed by atoms with E-state index in [1.54, 1.807) is 24.3 Å². The van der Waals surface area contributed by atoms with Crippen molar-refractivity contribution < 1.29 is 13.9 Å². The van der Waals surface area contributed by atoms with E-state index in [-0.39, 0.29) is 24.9 Å². The lowest BCUT2D eigenvalue weighted by molar-refractivity contribution is 0.102. The Morgan fingerprint density at radius 3 is 2.82 bits per heavy atom. The molecule has 0 unspecified atom stereocenters. The fourth-order valence-corrected chi connectivity index (χ4v) is 1.91. The fraction of sp³-hybridized carbons (Fsp3) is 0.267. The van der Waals surface area contributed by atoms with Crippen molar-refractivity contribution in [3.63, 3.8) is 0 Å². The van der Waals surface area contributed by atoms with E-state index >= 15 is 0 Å². The van der Waals surface area contributed by atoms with Crippen molar-refractivity contribution in [2.24, 2.45) is 5.73 Å². The first kappa shape index (κ1) is 18.4. The summed E-state index contributed by atoms with van der Waals surface area (Å²) in [6.07, 6.45) is 2.24. The van der Waals surface area contributed by atoms with Crippen molar-refractivity contribution in [3.8, 4) is 5.75 Å². The van der Waals surface area contributed by atoms with E-state index in [2.05, 4.69) is 5.32 Å². The molecule has 0 atom stereocenters. The smallest absolute Gasteiger partial charge is 0.259 e. The molecule has 5 nitrogen and oxygen atoms in total. The van der Waals surface area contributed by atoms with Crippen LogP contribution in [0.2, 0.25) is 5.02 Å². The Morgan fingerprint density at radius 1 is 1.41 bits per heavy atom. The molecule has 0 saturated carbocycles. The number of anilines is 1. The SMILES string of the molecule is CCCOc1ccc(Cl)cc1NC(=O)c1coc(CN)c1.Cl. The second-order valence-electron chi connectivity index (χ2n) is 4.45. The van der Waals surface area contributed by atoms with E-state index < -0.39 is 0 Å². The summed E-state index contributed by atoms with van der Waals surface area (Å²) in [5.74, 6) is 0.827. The molecule has 0 saturated heterocycles. The lowest BCUT2D eigenvalue weighted by Gasteiger charge is -2.12. The third-order valence-electron chi connectivity index (χ3n) is 2.77. The second-order valence-corrected chi connectivity index (χ2v) is 4.89. The van der Waals surface area contributed by atoms with Gasteiger partial charge in [-0.25, -0.2) is 0 Å². The van der Waals surface area contributed by atoms with E-state index in [0.717, 1.165) is 6.42 Å². The Kier molecular flexibility index (Phi) is 7.24. The van der Waals surface area contributed by atoms with Gasteiger partial charge < -0.3 is 20.2 Å². The molecule has 0 spiro atoms. The quantitative estimate of drug-likeness (QED) is 0.834. The van der Waals surface area contributed by atoms with Crippen molar-refractivity contribution >= 4 is 35.6 Å². The number of hydrogen-bond donors (Lipinski definition) is 2. The summed E-state index contributed by atoms with van der Waals surface area (Å²) in [6, 6.07) is 6.70. The van der Waals surface area contributed by atoms with Crippen LogP contribution >= 0.6 is 24.0 Å². The third-order valence-corrected chi connectivity index (χ3v) is 3.00. The maximum Gasteiger partial charge on any atom is 0.259 e. The van der Waals surface area contributed by atoms with Crippen LogP contribution in [0, 0.1) is 0 Å². The van der Waals surface area contributed by atoms with Gasteiger partial charge in [0.2, 0.25) is 0 Å². The van der Waals surface area contributed by atoms with E-state index in [0.29, 0.717) is 34.4 Å². The van der Waals surface area contributed by atoms with Gasteiger partial charge in [0.1, 0.15) is 17.8 Å². The third kappa shape index (κ3) is 4.66. The highest BCUT2D eigenvalue weighted by Crippen LogP contribution is 2.28. The van der Waals surface area contributed by atoms with Crippen molar-refractivity contribution in [2.45, 2.75) is 19.9 Å². The van der Waals surface area contributed by atoms with Crippen molar-refractivity contribution in [3.05, 3.63) is 46.9 Å². The summed E-state index contributed by atoms with van der Waals surface area (Å²) < 4.78 is 10.7. The molecule has 22 heavy (non-hydrogen) atoms. The number of carbonyl (C=O) groups is 1. The van der Waals surface area contributed by atoms with Gasteiger partial charge in [0.15, 0.2) is 0 Å². The number of nitrogens with two attached hydrogens (primary N) is 1. The summed E-state index contributed by atoms with van der Waals surface area (Å²) in [7, 11) is 0. The largest absolute Gasteiger partial charge is 0.491 e. The Bertz CT molecular complexity index is 629.